The van der Waals surface area contributed by atoms with E-state index in [0.717, 1.165) is 35.2 Å². The molecule has 0 unspecified atom stereocenters. The van der Waals surface area contributed by atoms with Crippen LogP contribution in [0.15, 0.2) is 60.8 Å². The highest BCUT2D eigenvalue weighted by Crippen LogP contribution is 2.43. The standard InChI is InChI=1S/C21H19N5/c1-14-23-20-24-19(16-7-9-17(10-8-16)21(22)11-12-21)18(13-26(20)25-14)15-5-3-2-4-6-15/h2-10,13H,11-12,22H2,1H3. The molecule has 0 aliphatic heterocycles. The molecule has 0 atom stereocenters. The molecule has 128 valence electrons. The predicted octanol–water partition coefficient (Wildman–Crippen LogP) is 3.71. The molecule has 2 heterocycles. The van der Waals surface area contributed by atoms with Gasteiger partial charge in [-0.15, -0.1) is 0 Å². The monoisotopic (exact) mass is 341 g/mol. The Hall–Kier alpha value is -3.05. The van der Waals surface area contributed by atoms with Gasteiger partial charge in [-0.3, -0.25) is 0 Å². The van der Waals surface area contributed by atoms with Gasteiger partial charge in [-0.05, 0) is 30.9 Å². The van der Waals surface area contributed by atoms with Crippen LogP contribution in [-0.2, 0) is 5.54 Å². The number of aromatic nitrogens is 4. The van der Waals surface area contributed by atoms with E-state index in [1.165, 1.54) is 5.56 Å². The maximum Gasteiger partial charge on any atom is 0.252 e. The highest BCUT2D eigenvalue weighted by molar-refractivity contribution is 5.81. The molecule has 0 saturated heterocycles. The van der Waals surface area contributed by atoms with Gasteiger partial charge in [0.05, 0.1) is 5.69 Å². The van der Waals surface area contributed by atoms with Gasteiger partial charge in [0, 0.05) is 22.9 Å². The van der Waals surface area contributed by atoms with Crippen molar-refractivity contribution in [2.45, 2.75) is 25.3 Å². The first-order valence-corrected chi connectivity index (χ1v) is 8.82. The van der Waals surface area contributed by atoms with E-state index in [-0.39, 0.29) is 5.54 Å². The lowest BCUT2D eigenvalue weighted by atomic mass is 9.98. The van der Waals surface area contributed by atoms with Crippen LogP contribution < -0.4 is 5.73 Å². The summed E-state index contributed by atoms with van der Waals surface area (Å²) in [4.78, 5) is 9.23. The van der Waals surface area contributed by atoms with Gasteiger partial charge in [0.25, 0.3) is 5.78 Å². The number of rotatable bonds is 3. The van der Waals surface area contributed by atoms with Crippen LogP contribution in [0.4, 0.5) is 0 Å². The second-order valence-electron chi connectivity index (χ2n) is 7.01. The van der Waals surface area contributed by atoms with Gasteiger partial charge in [-0.2, -0.15) is 10.1 Å². The normalized spacial score (nSPS) is 15.3. The summed E-state index contributed by atoms with van der Waals surface area (Å²) in [6, 6.07) is 18.7. The summed E-state index contributed by atoms with van der Waals surface area (Å²) in [5, 5.41) is 4.42. The SMILES string of the molecule is Cc1nc2nc(-c3ccc(C4(N)CC4)cc3)c(-c3ccccc3)cn2n1. The molecule has 5 heteroatoms. The fourth-order valence-electron chi connectivity index (χ4n) is 3.36. The zero-order chi connectivity index (χ0) is 17.7. The summed E-state index contributed by atoms with van der Waals surface area (Å²) < 4.78 is 1.74. The summed E-state index contributed by atoms with van der Waals surface area (Å²) >= 11 is 0. The van der Waals surface area contributed by atoms with Crippen molar-refractivity contribution >= 4 is 5.78 Å². The zero-order valence-electron chi connectivity index (χ0n) is 14.6. The third kappa shape index (κ3) is 2.48. The molecule has 5 nitrogen and oxygen atoms in total. The van der Waals surface area contributed by atoms with Gasteiger partial charge in [0.15, 0.2) is 0 Å². The molecule has 0 spiro atoms. The third-order valence-corrected chi connectivity index (χ3v) is 5.04. The summed E-state index contributed by atoms with van der Waals surface area (Å²) in [7, 11) is 0. The smallest absolute Gasteiger partial charge is 0.252 e. The first-order valence-electron chi connectivity index (χ1n) is 8.82. The fraction of sp³-hybridized carbons (Fsp3) is 0.190. The van der Waals surface area contributed by atoms with Gasteiger partial charge >= 0.3 is 0 Å². The Morgan fingerprint density at radius 2 is 1.65 bits per heavy atom. The fourth-order valence-corrected chi connectivity index (χ4v) is 3.36. The van der Waals surface area contributed by atoms with Crippen LogP contribution in [0.5, 0.6) is 0 Å². The zero-order valence-corrected chi connectivity index (χ0v) is 14.6. The average Bonchev–Trinajstić information content (AvgIpc) is 3.31. The van der Waals surface area contributed by atoms with E-state index in [9.17, 15) is 0 Å². The molecule has 5 rings (SSSR count). The van der Waals surface area contributed by atoms with Crippen LogP contribution in [0.1, 0.15) is 24.2 Å². The Bertz CT molecular complexity index is 1090. The lowest BCUT2D eigenvalue weighted by molar-refractivity contribution is 0.740. The van der Waals surface area contributed by atoms with E-state index >= 15 is 0 Å². The molecule has 1 aliphatic carbocycles. The minimum Gasteiger partial charge on any atom is -0.321 e. The van der Waals surface area contributed by atoms with Crippen molar-refractivity contribution in [3.8, 4) is 22.4 Å². The molecule has 1 aliphatic rings. The number of nitrogens with two attached hydrogens (primary N) is 1. The number of hydrogen-bond acceptors (Lipinski definition) is 4. The van der Waals surface area contributed by atoms with E-state index in [4.69, 9.17) is 10.7 Å². The van der Waals surface area contributed by atoms with Crippen molar-refractivity contribution < 1.29 is 0 Å². The molecule has 1 saturated carbocycles. The lowest BCUT2D eigenvalue weighted by Gasteiger charge is -2.12. The molecule has 2 aromatic carbocycles. The topological polar surface area (TPSA) is 69.1 Å². The van der Waals surface area contributed by atoms with Crippen molar-refractivity contribution in [3.63, 3.8) is 0 Å². The molecule has 4 aromatic rings. The van der Waals surface area contributed by atoms with E-state index in [1.807, 2.05) is 31.3 Å². The maximum absolute atomic E-state index is 6.32. The van der Waals surface area contributed by atoms with E-state index < -0.39 is 0 Å². The van der Waals surface area contributed by atoms with Gasteiger partial charge in [0.2, 0.25) is 0 Å². The second kappa shape index (κ2) is 5.47. The second-order valence-corrected chi connectivity index (χ2v) is 7.01. The Morgan fingerprint density at radius 1 is 0.923 bits per heavy atom. The molecule has 2 aromatic heterocycles. The van der Waals surface area contributed by atoms with Crippen molar-refractivity contribution in [3.05, 3.63) is 72.2 Å². The lowest BCUT2D eigenvalue weighted by Crippen LogP contribution is -2.18. The number of benzene rings is 2. The number of aryl methyl sites for hydroxylation is 1. The van der Waals surface area contributed by atoms with E-state index in [0.29, 0.717) is 11.6 Å². The minimum absolute atomic E-state index is 0.123. The van der Waals surface area contributed by atoms with Gasteiger partial charge in [-0.1, -0.05) is 54.6 Å². The summed E-state index contributed by atoms with van der Waals surface area (Å²) in [5.74, 6) is 1.32. The van der Waals surface area contributed by atoms with Crippen molar-refractivity contribution in [1.82, 2.24) is 19.6 Å². The van der Waals surface area contributed by atoms with Gasteiger partial charge < -0.3 is 5.73 Å². The first-order chi connectivity index (χ1) is 12.6. The van der Waals surface area contributed by atoms with Crippen LogP contribution in [0, 0.1) is 6.92 Å². The first kappa shape index (κ1) is 15.2. The number of hydrogen-bond donors (Lipinski definition) is 1. The summed E-state index contributed by atoms with van der Waals surface area (Å²) in [6.45, 7) is 1.88. The van der Waals surface area contributed by atoms with Gasteiger partial charge in [0.1, 0.15) is 5.82 Å². The quantitative estimate of drug-likeness (QED) is 0.617. The third-order valence-electron chi connectivity index (χ3n) is 5.04. The minimum atomic E-state index is -0.123. The number of nitrogens with zero attached hydrogens (tertiary/aromatic N) is 4. The molecular weight excluding hydrogens is 322 g/mol. The van der Waals surface area contributed by atoms with E-state index in [1.54, 1.807) is 4.52 Å². The summed E-state index contributed by atoms with van der Waals surface area (Å²) in [6.07, 6.45) is 4.13. The molecular formula is C21H19N5. The Kier molecular flexibility index (Phi) is 3.21. The molecule has 0 radical (unpaired) electrons. The van der Waals surface area contributed by atoms with Crippen molar-refractivity contribution in [2.24, 2.45) is 5.73 Å². The molecule has 0 bridgehead atoms. The van der Waals surface area contributed by atoms with Crippen molar-refractivity contribution in [2.75, 3.05) is 0 Å². The molecule has 26 heavy (non-hydrogen) atoms. The van der Waals surface area contributed by atoms with Crippen LogP contribution in [0.25, 0.3) is 28.2 Å². The van der Waals surface area contributed by atoms with Crippen LogP contribution in [0.3, 0.4) is 0 Å². The molecule has 2 N–H and O–H groups in total. The Labute approximate surface area is 151 Å². The van der Waals surface area contributed by atoms with Crippen LogP contribution >= 0.6 is 0 Å². The van der Waals surface area contributed by atoms with Crippen LogP contribution in [-0.4, -0.2) is 19.6 Å². The van der Waals surface area contributed by atoms with Crippen LogP contribution in [0.2, 0.25) is 0 Å². The van der Waals surface area contributed by atoms with Gasteiger partial charge in [-0.25, -0.2) is 9.50 Å². The molecule has 1 fully saturated rings. The average molecular weight is 341 g/mol. The predicted molar refractivity (Wildman–Crippen MR) is 101 cm³/mol. The molecule has 0 amide bonds. The highest BCUT2D eigenvalue weighted by atomic mass is 15.3. The van der Waals surface area contributed by atoms with Crippen molar-refractivity contribution in [1.29, 1.82) is 0 Å². The Balaban J connectivity index is 1.70. The maximum atomic E-state index is 6.32. The van der Waals surface area contributed by atoms with E-state index in [2.05, 4.69) is 46.5 Å². The largest absolute Gasteiger partial charge is 0.321 e. The highest BCUT2D eigenvalue weighted by Gasteiger charge is 2.39. The Morgan fingerprint density at radius 3 is 2.35 bits per heavy atom. The number of fused-ring (bicyclic) bond motifs is 1. The summed E-state index contributed by atoms with van der Waals surface area (Å²) in [5.41, 5.74) is 11.5.